The topological polar surface area (TPSA) is 110 Å². The first-order chi connectivity index (χ1) is 15.3. The Bertz CT molecular complexity index is 1170. The normalized spacial score (nSPS) is 16.2. The van der Waals surface area contributed by atoms with Gasteiger partial charge in [-0.2, -0.15) is 8.78 Å². The first-order valence-corrected chi connectivity index (χ1v) is 11.6. The molecule has 2 aliphatic heterocycles. The zero-order chi connectivity index (χ0) is 22.7. The molecule has 3 aromatic rings. The van der Waals surface area contributed by atoms with Gasteiger partial charge >= 0.3 is 6.43 Å². The van der Waals surface area contributed by atoms with E-state index in [-0.39, 0.29) is 5.89 Å². The second-order valence-electron chi connectivity index (χ2n) is 7.44. The molecule has 1 N–H and O–H groups in total. The van der Waals surface area contributed by atoms with Gasteiger partial charge in [-0.3, -0.25) is 14.6 Å². The first kappa shape index (κ1) is 22.2. The van der Waals surface area contributed by atoms with Crippen molar-refractivity contribution in [3.8, 4) is 11.5 Å². The molecule has 5 rings (SSSR count). The molecule has 12 heteroatoms. The van der Waals surface area contributed by atoms with Gasteiger partial charge in [0.05, 0.1) is 31.1 Å². The van der Waals surface area contributed by atoms with E-state index in [4.69, 9.17) is 9.15 Å². The van der Waals surface area contributed by atoms with Gasteiger partial charge in [-0.05, 0) is 35.4 Å². The van der Waals surface area contributed by atoms with Crippen LogP contribution in [0.15, 0.2) is 47.1 Å². The summed E-state index contributed by atoms with van der Waals surface area (Å²) in [5.41, 5.74) is 3.64. The van der Waals surface area contributed by atoms with Crippen LogP contribution >= 0.6 is 0 Å². The second kappa shape index (κ2) is 9.27. The van der Waals surface area contributed by atoms with Gasteiger partial charge < -0.3 is 9.15 Å². The molecule has 0 aliphatic carbocycles. The Kier molecular flexibility index (Phi) is 6.44. The van der Waals surface area contributed by atoms with Gasteiger partial charge in [0.2, 0.25) is 15.9 Å². The predicted molar refractivity (Wildman–Crippen MR) is 111 cm³/mol. The van der Waals surface area contributed by atoms with Crippen LogP contribution in [0.2, 0.25) is 0 Å². The lowest BCUT2D eigenvalue weighted by molar-refractivity contribution is -0.0669. The molecule has 1 saturated heterocycles. The average Bonchev–Trinajstić information content (AvgIpc) is 3.33. The summed E-state index contributed by atoms with van der Waals surface area (Å²) in [7, 11) is -3.20. The van der Waals surface area contributed by atoms with E-state index in [1.807, 2.05) is 18.2 Å². The number of ether oxygens (including phenoxy) is 1. The highest BCUT2D eigenvalue weighted by molar-refractivity contribution is 7.92. The first-order valence-electron chi connectivity index (χ1n) is 9.72. The van der Waals surface area contributed by atoms with Crippen LogP contribution in [-0.2, 0) is 27.8 Å². The molecule has 1 aromatic carbocycles. The van der Waals surface area contributed by atoms with Crippen molar-refractivity contribution in [3.05, 3.63) is 59.7 Å². The molecule has 0 amide bonds. The fourth-order valence-corrected chi connectivity index (χ4v) is 3.87. The minimum atomic E-state index is -3.20. The van der Waals surface area contributed by atoms with E-state index >= 15 is 0 Å². The number of rotatable bonds is 5. The fraction of sp³-hybridized carbons (Fsp3) is 0.350. The summed E-state index contributed by atoms with van der Waals surface area (Å²) in [6.45, 7) is 3.43. The lowest BCUT2D eigenvalue weighted by atomic mass is 10.1. The number of halogens is 2. The molecule has 0 unspecified atom stereocenters. The van der Waals surface area contributed by atoms with Gasteiger partial charge in [0.15, 0.2) is 0 Å². The smallest absolute Gasteiger partial charge is 0.314 e. The Labute approximate surface area is 183 Å². The van der Waals surface area contributed by atoms with E-state index < -0.39 is 22.3 Å². The van der Waals surface area contributed by atoms with Crippen molar-refractivity contribution in [2.24, 2.45) is 0 Å². The lowest BCUT2D eigenvalue weighted by Crippen LogP contribution is -2.46. The molecule has 9 nitrogen and oxygen atoms in total. The zero-order valence-electron chi connectivity index (χ0n) is 17.1. The van der Waals surface area contributed by atoms with Crippen LogP contribution in [0.25, 0.3) is 11.5 Å². The monoisotopic (exact) mass is 465 g/mol. The molecule has 2 aromatic heterocycles. The van der Waals surface area contributed by atoms with Crippen molar-refractivity contribution in [2.45, 2.75) is 25.6 Å². The maximum atomic E-state index is 12.1. The number of alkyl halides is 2. The third kappa shape index (κ3) is 5.44. The summed E-state index contributed by atoms with van der Waals surface area (Å²) in [4.78, 5) is 6.17. The molecule has 0 bridgehead atoms. The van der Waals surface area contributed by atoms with Gasteiger partial charge in [-0.1, -0.05) is 6.07 Å². The Morgan fingerprint density at radius 3 is 2.53 bits per heavy atom. The van der Waals surface area contributed by atoms with Gasteiger partial charge in [-0.25, -0.2) is 8.42 Å². The minimum absolute atomic E-state index is 0.0494. The fourth-order valence-electron chi connectivity index (χ4n) is 3.32. The minimum Gasteiger partial charge on any atom is -0.415 e. The van der Waals surface area contributed by atoms with E-state index in [1.165, 1.54) is 17.3 Å². The lowest BCUT2D eigenvalue weighted by Gasteiger charge is -2.34. The summed E-state index contributed by atoms with van der Waals surface area (Å²) < 4.78 is 59.0. The molecule has 0 spiro atoms. The summed E-state index contributed by atoms with van der Waals surface area (Å²) in [5, 5.41) is 6.67. The van der Waals surface area contributed by atoms with Crippen molar-refractivity contribution < 1.29 is 26.4 Å². The molecular formula is C20H21F2N5O4S. The van der Waals surface area contributed by atoms with Gasteiger partial charge in [-0.15, -0.1) is 10.2 Å². The van der Waals surface area contributed by atoms with Crippen molar-refractivity contribution in [1.82, 2.24) is 20.1 Å². The number of benzene rings is 1. The number of aromatic nitrogens is 3. The third-order valence-corrected chi connectivity index (χ3v) is 5.54. The SMILES string of the molecule is CS(=O)(=O)Nc1ccc2c(c1)CN(C1COC1)C2.FC(F)c1nnc(-c2cccnc2)o1. The number of pyridine rings is 1. The van der Waals surface area contributed by atoms with Crippen molar-refractivity contribution in [1.29, 1.82) is 0 Å². The summed E-state index contributed by atoms with van der Waals surface area (Å²) in [6, 6.07) is 9.57. The van der Waals surface area contributed by atoms with Crippen LogP contribution in [-0.4, -0.2) is 54.0 Å². The highest BCUT2D eigenvalue weighted by Gasteiger charge is 2.30. The van der Waals surface area contributed by atoms with E-state index in [0.717, 1.165) is 32.6 Å². The van der Waals surface area contributed by atoms with Crippen molar-refractivity contribution in [2.75, 3.05) is 24.2 Å². The highest BCUT2D eigenvalue weighted by Crippen LogP contribution is 2.29. The molecular weight excluding hydrogens is 444 g/mol. The van der Waals surface area contributed by atoms with Crippen LogP contribution < -0.4 is 4.72 Å². The van der Waals surface area contributed by atoms with E-state index in [0.29, 0.717) is 17.3 Å². The molecule has 170 valence electrons. The van der Waals surface area contributed by atoms with Gasteiger partial charge in [0.25, 0.3) is 5.89 Å². The second-order valence-corrected chi connectivity index (χ2v) is 9.19. The van der Waals surface area contributed by atoms with Crippen LogP contribution in [0.5, 0.6) is 0 Å². The zero-order valence-corrected chi connectivity index (χ0v) is 17.9. The number of hydrogen-bond donors (Lipinski definition) is 1. The Morgan fingerprint density at radius 1 is 1.16 bits per heavy atom. The predicted octanol–water partition coefficient (Wildman–Crippen LogP) is 2.84. The maximum absolute atomic E-state index is 12.1. The largest absolute Gasteiger partial charge is 0.415 e. The van der Waals surface area contributed by atoms with Crippen molar-refractivity contribution >= 4 is 15.7 Å². The number of nitrogens with zero attached hydrogens (tertiary/aromatic N) is 4. The number of anilines is 1. The quantitative estimate of drug-likeness (QED) is 0.613. The summed E-state index contributed by atoms with van der Waals surface area (Å²) in [6.07, 6.45) is 1.45. The number of nitrogens with one attached hydrogen (secondary N) is 1. The van der Waals surface area contributed by atoms with E-state index in [1.54, 1.807) is 18.3 Å². The molecule has 4 heterocycles. The Balaban J connectivity index is 0.000000158. The Morgan fingerprint density at radius 2 is 1.94 bits per heavy atom. The summed E-state index contributed by atoms with van der Waals surface area (Å²) >= 11 is 0. The molecule has 0 atom stereocenters. The molecule has 2 aliphatic rings. The van der Waals surface area contributed by atoms with Crippen molar-refractivity contribution in [3.63, 3.8) is 0 Å². The molecule has 0 saturated carbocycles. The number of fused-ring (bicyclic) bond motifs is 1. The molecule has 32 heavy (non-hydrogen) atoms. The number of sulfonamides is 1. The average molecular weight is 465 g/mol. The highest BCUT2D eigenvalue weighted by atomic mass is 32.2. The van der Waals surface area contributed by atoms with E-state index in [2.05, 4.69) is 24.8 Å². The van der Waals surface area contributed by atoms with E-state index in [9.17, 15) is 17.2 Å². The van der Waals surface area contributed by atoms with Crippen LogP contribution in [0.1, 0.15) is 23.4 Å². The van der Waals surface area contributed by atoms with Gasteiger partial charge in [0, 0.05) is 31.2 Å². The standard InChI is InChI=1S/C12H16N2O3S.C8H5F2N3O/c1-18(15,16)13-11-3-2-9-5-14(6-10(9)4-11)12-7-17-8-12;9-6(10)8-13-12-7(14-8)5-2-1-3-11-4-5/h2-4,12-13H,5-8H2,1H3;1-4,6H. The maximum Gasteiger partial charge on any atom is 0.314 e. The molecule has 1 fully saturated rings. The number of hydrogen-bond acceptors (Lipinski definition) is 8. The van der Waals surface area contributed by atoms with Gasteiger partial charge in [0.1, 0.15) is 0 Å². The van der Waals surface area contributed by atoms with Crippen LogP contribution in [0, 0.1) is 0 Å². The Hall–Kier alpha value is -2.96. The van der Waals surface area contributed by atoms with Crippen LogP contribution in [0.4, 0.5) is 14.5 Å². The summed E-state index contributed by atoms with van der Waals surface area (Å²) in [5.74, 6) is -0.628. The molecule has 0 radical (unpaired) electrons. The third-order valence-electron chi connectivity index (χ3n) is 4.93. The van der Waals surface area contributed by atoms with Crippen LogP contribution in [0.3, 0.4) is 0 Å².